The normalized spacial score (nSPS) is 18.2. The second-order valence-corrected chi connectivity index (χ2v) is 5.23. The van der Waals surface area contributed by atoms with Gasteiger partial charge in [0.05, 0.1) is 12.5 Å². The lowest BCUT2D eigenvalue weighted by molar-refractivity contribution is -0.153. The zero-order valence-electron chi connectivity index (χ0n) is 11.1. The minimum absolute atomic E-state index is 0.157. The molecule has 1 unspecified atom stereocenters. The molecule has 0 aliphatic heterocycles. The second-order valence-electron chi connectivity index (χ2n) is 5.23. The molecule has 3 heteroatoms. The van der Waals surface area contributed by atoms with Crippen LogP contribution >= 0.6 is 0 Å². The maximum Gasteiger partial charge on any atom is 0.313 e. The Kier molecular flexibility index (Phi) is 3.71. The van der Waals surface area contributed by atoms with Crippen LogP contribution in [0.2, 0.25) is 0 Å². The summed E-state index contributed by atoms with van der Waals surface area (Å²) in [6.45, 7) is 2.43. The molecule has 0 radical (unpaired) electrons. The summed E-state index contributed by atoms with van der Waals surface area (Å²) in [6.07, 6.45) is 2.85. The van der Waals surface area contributed by atoms with Gasteiger partial charge >= 0.3 is 5.97 Å². The third-order valence-corrected chi connectivity index (χ3v) is 4.08. The molecule has 0 aromatic heterocycles. The van der Waals surface area contributed by atoms with Gasteiger partial charge in [0.25, 0.3) is 0 Å². The number of ether oxygens (including phenoxy) is 1. The Morgan fingerprint density at radius 3 is 2.61 bits per heavy atom. The van der Waals surface area contributed by atoms with E-state index in [1.54, 1.807) is 0 Å². The highest BCUT2D eigenvalue weighted by Gasteiger charge is 2.50. The van der Waals surface area contributed by atoms with Gasteiger partial charge in [-0.15, -0.1) is 0 Å². The maximum absolute atomic E-state index is 12.2. The molecule has 1 aromatic carbocycles. The SMILES string of the molecule is COC(=O)C(CN)(Cc1ccccc1C)C1CC1. The molecule has 1 atom stereocenters. The minimum Gasteiger partial charge on any atom is -0.469 e. The van der Waals surface area contributed by atoms with Gasteiger partial charge in [-0.3, -0.25) is 4.79 Å². The number of aryl methyl sites for hydroxylation is 1. The van der Waals surface area contributed by atoms with E-state index in [1.165, 1.54) is 18.2 Å². The van der Waals surface area contributed by atoms with E-state index in [4.69, 9.17) is 10.5 Å². The van der Waals surface area contributed by atoms with Crippen molar-refractivity contribution in [2.45, 2.75) is 26.2 Å². The molecule has 0 heterocycles. The van der Waals surface area contributed by atoms with Crippen LogP contribution in [0.1, 0.15) is 24.0 Å². The first-order chi connectivity index (χ1) is 8.64. The molecule has 1 aliphatic carbocycles. The zero-order valence-corrected chi connectivity index (χ0v) is 11.1. The number of methoxy groups -OCH3 is 1. The quantitative estimate of drug-likeness (QED) is 0.810. The van der Waals surface area contributed by atoms with Gasteiger partial charge in [-0.05, 0) is 43.2 Å². The van der Waals surface area contributed by atoms with E-state index in [9.17, 15) is 4.79 Å². The van der Waals surface area contributed by atoms with Crippen LogP contribution in [0.3, 0.4) is 0 Å². The Balaban J connectivity index is 2.30. The van der Waals surface area contributed by atoms with Gasteiger partial charge in [-0.2, -0.15) is 0 Å². The molecule has 0 bridgehead atoms. The summed E-state index contributed by atoms with van der Waals surface area (Å²) < 4.78 is 5.00. The lowest BCUT2D eigenvalue weighted by Crippen LogP contribution is -2.43. The van der Waals surface area contributed by atoms with Gasteiger partial charge in [0.1, 0.15) is 0 Å². The number of hydrogen-bond donors (Lipinski definition) is 1. The monoisotopic (exact) mass is 247 g/mol. The molecule has 0 amide bonds. The van der Waals surface area contributed by atoms with Crippen molar-refractivity contribution in [2.75, 3.05) is 13.7 Å². The van der Waals surface area contributed by atoms with Gasteiger partial charge in [0, 0.05) is 6.54 Å². The van der Waals surface area contributed by atoms with Crippen molar-refractivity contribution >= 4 is 5.97 Å². The van der Waals surface area contributed by atoms with Gasteiger partial charge in [-0.25, -0.2) is 0 Å². The molecule has 0 spiro atoms. The number of nitrogens with two attached hydrogens (primary N) is 1. The predicted molar refractivity (Wildman–Crippen MR) is 71.1 cm³/mol. The number of carbonyl (C=O) groups is 1. The Hall–Kier alpha value is -1.35. The van der Waals surface area contributed by atoms with E-state index in [-0.39, 0.29) is 5.97 Å². The summed E-state index contributed by atoms with van der Waals surface area (Å²) in [5.41, 5.74) is 7.80. The first-order valence-corrected chi connectivity index (χ1v) is 6.47. The van der Waals surface area contributed by atoms with Crippen LogP contribution in [-0.4, -0.2) is 19.6 Å². The number of rotatable bonds is 5. The van der Waals surface area contributed by atoms with Crippen molar-refractivity contribution in [2.24, 2.45) is 17.1 Å². The molecule has 1 fully saturated rings. The largest absolute Gasteiger partial charge is 0.469 e. The third kappa shape index (κ3) is 2.27. The van der Waals surface area contributed by atoms with E-state index in [0.717, 1.165) is 12.8 Å². The Morgan fingerprint density at radius 1 is 1.44 bits per heavy atom. The van der Waals surface area contributed by atoms with Gasteiger partial charge in [0.15, 0.2) is 0 Å². The highest BCUT2D eigenvalue weighted by atomic mass is 16.5. The molecule has 3 nitrogen and oxygen atoms in total. The lowest BCUT2D eigenvalue weighted by atomic mass is 9.76. The van der Waals surface area contributed by atoms with Crippen molar-refractivity contribution in [1.29, 1.82) is 0 Å². The van der Waals surface area contributed by atoms with Gasteiger partial charge < -0.3 is 10.5 Å². The van der Waals surface area contributed by atoms with Crippen LogP contribution in [0.4, 0.5) is 0 Å². The van der Waals surface area contributed by atoms with Crippen molar-refractivity contribution in [3.8, 4) is 0 Å². The average Bonchev–Trinajstić information content (AvgIpc) is 3.22. The van der Waals surface area contributed by atoms with Crippen LogP contribution in [0, 0.1) is 18.3 Å². The molecule has 98 valence electrons. The summed E-state index contributed by atoms with van der Waals surface area (Å²) in [7, 11) is 1.45. The summed E-state index contributed by atoms with van der Waals surface area (Å²) in [4.78, 5) is 12.2. The lowest BCUT2D eigenvalue weighted by Gasteiger charge is -2.30. The molecule has 2 rings (SSSR count). The van der Waals surface area contributed by atoms with E-state index in [2.05, 4.69) is 19.1 Å². The fourth-order valence-electron chi connectivity index (χ4n) is 2.69. The second kappa shape index (κ2) is 5.11. The van der Waals surface area contributed by atoms with Crippen LogP contribution < -0.4 is 5.73 Å². The summed E-state index contributed by atoms with van der Waals surface area (Å²) in [5, 5.41) is 0. The molecular weight excluding hydrogens is 226 g/mol. The smallest absolute Gasteiger partial charge is 0.313 e. The molecule has 1 saturated carbocycles. The predicted octanol–water partition coefficient (Wildman–Crippen LogP) is 2.07. The van der Waals surface area contributed by atoms with Crippen LogP contribution in [0.5, 0.6) is 0 Å². The standard InChI is InChI=1S/C15H21NO2/c1-11-5-3-4-6-12(11)9-15(10-16,13-7-8-13)14(17)18-2/h3-6,13H,7-10,16H2,1-2H3. The summed E-state index contributed by atoms with van der Waals surface area (Å²) >= 11 is 0. The Labute approximate surface area is 108 Å². The molecule has 18 heavy (non-hydrogen) atoms. The first-order valence-electron chi connectivity index (χ1n) is 6.47. The first kappa shape index (κ1) is 13.1. The molecule has 0 saturated heterocycles. The zero-order chi connectivity index (χ0) is 13.2. The van der Waals surface area contributed by atoms with Crippen molar-refractivity contribution in [3.63, 3.8) is 0 Å². The third-order valence-electron chi connectivity index (χ3n) is 4.08. The van der Waals surface area contributed by atoms with Crippen molar-refractivity contribution < 1.29 is 9.53 Å². The average molecular weight is 247 g/mol. The van der Waals surface area contributed by atoms with E-state index in [1.807, 2.05) is 12.1 Å². The molecule has 1 aromatic rings. The number of benzene rings is 1. The van der Waals surface area contributed by atoms with Crippen molar-refractivity contribution in [1.82, 2.24) is 0 Å². The number of carbonyl (C=O) groups excluding carboxylic acids is 1. The van der Waals surface area contributed by atoms with E-state index >= 15 is 0 Å². The van der Waals surface area contributed by atoms with E-state index < -0.39 is 5.41 Å². The van der Waals surface area contributed by atoms with Gasteiger partial charge in [0.2, 0.25) is 0 Å². The van der Waals surface area contributed by atoms with Crippen LogP contribution in [0.15, 0.2) is 24.3 Å². The molecule has 2 N–H and O–H groups in total. The topological polar surface area (TPSA) is 52.3 Å². The van der Waals surface area contributed by atoms with Crippen LogP contribution in [0.25, 0.3) is 0 Å². The minimum atomic E-state index is -0.527. The fourth-order valence-corrected chi connectivity index (χ4v) is 2.69. The highest BCUT2D eigenvalue weighted by molar-refractivity contribution is 5.78. The summed E-state index contributed by atoms with van der Waals surface area (Å²) in [5.74, 6) is 0.227. The van der Waals surface area contributed by atoms with Crippen LogP contribution in [-0.2, 0) is 16.0 Å². The van der Waals surface area contributed by atoms with Crippen molar-refractivity contribution in [3.05, 3.63) is 35.4 Å². The molecule has 1 aliphatic rings. The highest BCUT2D eigenvalue weighted by Crippen LogP contribution is 2.48. The number of hydrogen-bond acceptors (Lipinski definition) is 3. The Morgan fingerprint density at radius 2 is 2.11 bits per heavy atom. The molecular formula is C15H21NO2. The summed E-state index contributed by atoms with van der Waals surface area (Å²) in [6, 6.07) is 8.16. The fraction of sp³-hybridized carbons (Fsp3) is 0.533. The van der Waals surface area contributed by atoms with E-state index in [0.29, 0.717) is 18.9 Å². The Bertz CT molecular complexity index is 440. The van der Waals surface area contributed by atoms with Gasteiger partial charge in [-0.1, -0.05) is 24.3 Å². The number of esters is 1. The maximum atomic E-state index is 12.2.